The fourth-order valence-corrected chi connectivity index (χ4v) is 3.71. The van der Waals surface area contributed by atoms with E-state index in [0.717, 1.165) is 10.5 Å². The van der Waals surface area contributed by atoms with E-state index >= 15 is 0 Å². The molecule has 2 aliphatic rings. The number of imide groups is 1. The van der Waals surface area contributed by atoms with Crippen LogP contribution in [0.4, 0.5) is 11.4 Å². The SMILES string of the molecule is O=C1c2cccc3cc([N+](=O)[O-])cc(c23)C(=O)N1c1ccc(OC=C2C=CC=C2)cc1. The number of amides is 2. The highest BCUT2D eigenvalue weighted by Gasteiger charge is 2.35. The number of rotatable bonds is 4. The Morgan fingerprint density at radius 1 is 0.903 bits per heavy atom. The van der Waals surface area contributed by atoms with E-state index in [1.807, 2.05) is 24.3 Å². The normalized spacial score (nSPS) is 14.5. The van der Waals surface area contributed by atoms with Gasteiger partial charge in [0.2, 0.25) is 0 Å². The Hall–Kier alpha value is -4.52. The molecule has 1 aliphatic carbocycles. The Kier molecular flexibility index (Phi) is 4.22. The quantitative estimate of drug-likeness (QED) is 0.263. The first-order valence-corrected chi connectivity index (χ1v) is 9.44. The first-order valence-electron chi connectivity index (χ1n) is 9.44. The molecule has 1 aliphatic heterocycles. The van der Waals surface area contributed by atoms with E-state index in [9.17, 15) is 19.7 Å². The van der Waals surface area contributed by atoms with E-state index in [1.54, 1.807) is 48.7 Å². The number of nitrogens with zero attached hydrogens (tertiary/aromatic N) is 2. The monoisotopic (exact) mass is 410 g/mol. The number of ether oxygens (including phenoxy) is 1. The smallest absolute Gasteiger partial charge is 0.270 e. The van der Waals surface area contributed by atoms with Gasteiger partial charge in [-0.1, -0.05) is 36.4 Å². The van der Waals surface area contributed by atoms with Crippen molar-refractivity contribution in [1.82, 2.24) is 0 Å². The van der Waals surface area contributed by atoms with Gasteiger partial charge in [-0.2, -0.15) is 0 Å². The number of hydrogen-bond acceptors (Lipinski definition) is 5. The summed E-state index contributed by atoms with van der Waals surface area (Å²) in [6, 6.07) is 14.0. The number of non-ortho nitro benzene ring substituents is 1. The van der Waals surface area contributed by atoms with Gasteiger partial charge in [0.05, 0.1) is 22.4 Å². The predicted octanol–water partition coefficient (Wildman–Crippen LogP) is 4.94. The van der Waals surface area contributed by atoms with Crippen LogP contribution >= 0.6 is 0 Å². The minimum absolute atomic E-state index is 0.129. The lowest BCUT2D eigenvalue weighted by atomic mass is 9.93. The Bertz CT molecular complexity index is 1350. The molecule has 0 aromatic heterocycles. The van der Waals surface area contributed by atoms with Gasteiger partial charge in [-0.15, -0.1) is 0 Å². The molecule has 5 rings (SSSR count). The van der Waals surface area contributed by atoms with E-state index in [4.69, 9.17) is 4.74 Å². The van der Waals surface area contributed by atoms with Gasteiger partial charge in [0.25, 0.3) is 17.5 Å². The van der Waals surface area contributed by atoms with E-state index in [2.05, 4.69) is 0 Å². The average Bonchev–Trinajstić information content (AvgIpc) is 3.30. The summed E-state index contributed by atoms with van der Waals surface area (Å²) in [5.41, 5.74) is 1.52. The highest BCUT2D eigenvalue weighted by atomic mass is 16.6. The third-order valence-corrected chi connectivity index (χ3v) is 5.15. The summed E-state index contributed by atoms with van der Waals surface area (Å²) in [6.45, 7) is 0. The maximum atomic E-state index is 13.2. The molecule has 7 nitrogen and oxygen atoms in total. The summed E-state index contributed by atoms with van der Waals surface area (Å²) in [7, 11) is 0. The Balaban J connectivity index is 1.53. The molecule has 1 heterocycles. The van der Waals surface area contributed by atoms with Crippen molar-refractivity contribution in [3.63, 3.8) is 0 Å². The van der Waals surface area contributed by atoms with E-state index in [0.29, 0.717) is 27.8 Å². The molecule has 3 aromatic rings. The number of nitro groups is 1. The Labute approximate surface area is 176 Å². The minimum atomic E-state index is -0.602. The fraction of sp³-hybridized carbons (Fsp3) is 0. The molecule has 0 fully saturated rings. The van der Waals surface area contributed by atoms with Crippen LogP contribution in [0.3, 0.4) is 0 Å². The molecule has 0 spiro atoms. The maximum Gasteiger partial charge on any atom is 0.270 e. The number of benzene rings is 3. The number of carbonyl (C=O) groups excluding carboxylic acids is 2. The van der Waals surface area contributed by atoms with Gasteiger partial charge in [-0.3, -0.25) is 19.7 Å². The molecule has 0 unspecified atom stereocenters. The van der Waals surface area contributed by atoms with Crippen LogP contribution in [0.5, 0.6) is 5.75 Å². The van der Waals surface area contributed by atoms with Crippen LogP contribution in [0.1, 0.15) is 20.7 Å². The number of allylic oxidation sites excluding steroid dienone is 5. The van der Waals surface area contributed by atoms with Gasteiger partial charge >= 0.3 is 0 Å². The molecule has 0 bridgehead atoms. The van der Waals surface area contributed by atoms with Crippen LogP contribution in [0, 0.1) is 10.1 Å². The van der Waals surface area contributed by atoms with Crippen LogP contribution in [-0.2, 0) is 0 Å². The lowest BCUT2D eigenvalue weighted by molar-refractivity contribution is -0.384. The molecule has 7 heteroatoms. The van der Waals surface area contributed by atoms with Crippen molar-refractivity contribution < 1.29 is 19.2 Å². The zero-order chi connectivity index (χ0) is 21.5. The van der Waals surface area contributed by atoms with Crippen LogP contribution < -0.4 is 9.64 Å². The van der Waals surface area contributed by atoms with Crippen molar-refractivity contribution in [3.8, 4) is 5.75 Å². The summed E-state index contributed by atoms with van der Waals surface area (Å²) < 4.78 is 5.60. The third kappa shape index (κ3) is 3.08. The van der Waals surface area contributed by atoms with E-state index < -0.39 is 16.7 Å². The predicted molar refractivity (Wildman–Crippen MR) is 115 cm³/mol. The molecule has 0 N–H and O–H groups in total. The van der Waals surface area contributed by atoms with Crippen LogP contribution in [0.25, 0.3) is 10.8 Å². The summed E-state index contributed by atoms with van der Waals surface area (Å²) >= 11 is 0. The largest absolute Gasteiger partial charge is 0.464 e. The molecule has 150 valence electrons. The van der Waals surface area contributed by atoms with Crippen LogP contribution in [0.15, 0.2) is 90.7 Å². The van der Waals surface area contributed by atoms with Crippen molar-refractivity contribution in [1.29, 1.82) is 0 Å². The van der Waals surface area contributed by atoms with Gasteiger partial charge in [0.1, 0.15) is 5.75 Å². The van der Waals surface area contributed by atoms with E-state index in [1.165, 1.54) is 12.1 Å². The van der Waals surface area contributed by atoms with Gasteiger partial charge in [-0.05, 0) is 35.7 Å². The number of hydrogen-bond donors (Lipinski definition) is 0. The van der Waals surface area contributed by atoms with Crippen molar-refractivity contribution >= 4 is 34.0 Å². The summed E-state index contributed by atoms with van der Waals surface area (Å²) in [5, 5.41) is 12.2. The van der Waals surface area contributed by atoms with E-state index in [-0.39, 0.29) is 11.3 Å². The standard InChI is InChI=1S/C24H14N2O5/c27-23-20-7-3-6-16-12-18(26(29)30)13-21(22(16)20)24(28)25(23)17-8-10-19(11-9-17)31-14-15-4-1-2-5-15/h1-14H. The highest BCUT2D eigenvalue weighted by Crippen LogP contribution is 2.35. The van der Waals surface area contributed by atoms with Gasteiger partial charge < -0.3 is 4.74 Å². The molecule has 0 saturated heterocycles. The summed E-state index contributed by atoms with van der Waals surface area (Å²) in [6.07, 6.45) is 9.19. The summed E-state index contributed by atoms with van der Waals surface area (Å²) in [4.78, 5) is 38.1. The second-order valence-electron chi connectivity index (χ2n) is 7.05. The molecule has 0 radical (unpaired) electrons. The second kappa shape index (κ2) is 7.07. The zero-order valence-electron chi connectivity index (χ0n) is 16.0. The van der Waals surface area contributed by atoms with Crippen molar-refractivity contribution in [3.05, 3.63) is 112 Å². The Morgan fingerprint density at radius 3 is 2.32 bits per heavy atom. The van der Waals surface area contributed by atoms with Crippen molar-refractivity contribution in [2.75, 3.05) is 4.90 Å². The first-order chi connectivity index (χ1) is 15.0. The first kappa shape index (κ1) is 18.5. The molecule has 3 aromatic carbocycles. The lowest BCUT2D eigenvalue weighted by Crippen LogP contribution is -2.40. The third-order valence-electron chi connectivity index (χ3n) is 5.15. The van der Waals surface area contributed by atoms with Gasteiger partial charge in [0.15, 0.2) is 0 Å². The molecular weight excluding hydrogens is 396 g/mol. The topological polar surface area (TPSA) is 89.8 Å². The average molecular weight is 410 g/mol. The number of nitro benzene ring substituents is 1. The fourth-order valence-electron chi connectivity index (χ4n) is 3.71. The van der Waals surface area contributed by atoms with Crippen molar-refractivity contribution in [2.24, 2.45) is 0 Å². The zero-order valence-corrected chi connectivity index (χ0v) is 16.0. The second-order valence-corrected chi connectivity index (χ2v) is 7.05. The van der Waals surface area contributed by atoms with Gasteiger partial charge in [0, 0.05) is 28.7 Å². The van der Waals surface area contributed by atoms with Crippen LogP contribution in [-0.4, -0.2) is 16.7 Å². The minimum Gasteiger partial charge on any atom is -0.464 e. The molecule has 2 amide bonds. The number of anilines is 1. The molecule has 31 heavy (non-hydrogen) atoms. The molecular formula is C24H14N2O5. The Morgan fingerprint density at radius 2 is 1.61 bits per heavy atom. The highest BCUT2D eigenvalue weighted by molar-refractivity contribution is 6.36. The molecule has 0 atom stereocenters. The van der Waals surface area contributed by atoms with Crippen molar-refractivity contribution in [2.45, 2.75) is 0 Å². The maximum absolute atomic E-state index is 13.2. The summed E-state index contributed by atoms with van der Waals surface area (Å²) in [5.74, 6) is -0.539. The molecule has 0 saturated carbocycles. The van der Waals surface area contributed by atoms with Gasteiger partial charge in [-0.25, -0.2) is 4.90 Å². The lowest BCUT2D eigenvalue weighted by Gasteiger charge is -2.27. The number of carbonyl (C=O) groups is 2. The van der Waals surface area contributed by atoms with Crippen LogP contribution in [0.2, 0.25) is 0 Å².